The second kappa shape index (κ2) is 4.02. The van der Waals surface area contributed by atoms with E-state index in [1.165, 1.54) is 18.4 Å². The highest BCUT2D eigenvalue weighted by Gasteiger charge is 2.23. The van der Waals surface area contributed by atoms with E-state index in [4.69, 9.17) is 0 Å². The molecule has 0 aliphatic heterocycles. The number of aromatic amines is 1. The molecule has 1 aromatic carbocycles. The minimum Gasteiger partial charge on any atom is -0.351 e. The number of nitrogens with one attached hydrogen (secondary N) is 1. The first kappa shape index (κ1) is 10.6. The number of imidazole rings is 1. The third kappa shape index (κ3) is 1.68. The molecule has 17 heavy (non-hydrogen) atoms. The number of hydrogen-bond donors (Lipinski definition) is 1. The molecule has 2 heteroatoms. The fourth-order valence-electron chi connectivity index (χ4n) is 2.96. The lowest BCUT2D eigenvalue weighted by Gasteiger charge is -2.15. The van der Waals surface area contributed by atoms with E-state index in [1.807, 2.05) is 6.20 Å². The summed E-state index contributed by atoms with van der Waals surface area (Å²) in [6, 6.07) is 6.74. The maximum atomic E-state index is 4.38. The van der Waals surface area contributed by atoms with Crippen molar-refractivity contribution >= 4 is 0 Å². The van der Waals surface area contributed by atoms with Gasteiger partial charge < -0.3 is 4.98 Å². The molecule has 0 fully saturated rings. The molecule has 2 unspecified atom stereocenters. The molecule has 3 rings (SSSR count). The summed E-state index contributed by atoms with van der Waals surface area (Å²) >= 11 is 0. The Morgan fingerprint density at radius 2 is 2.29 bits per heavy atom. The van der Waals surface area contributed by atoms with Crippen LogP contribution in [0.4, 0.5) is 0 Å². The molecule has 1 N–H and O–H groups in total. The van der Waals surface area contributed by atoms with Crippen LogP contribution in [0.25, 0.3) is 0 Å². The van der Waals surface area contributed by atoms with Crippen LogP contribution in [-0.4, -0.2) is 9.97 Å². The third-order valence-electron chi connectivity index (χ3n) is 4.04. The fraction of sp³-hybridized carbons (Fsp3) is 0.400. The second-order valence-corrected chi connectivity index (χ2v) is 5.07. The lowest BCUT2D eigenvalue weighted by atomic mass is 9.90. The summed E-state index contributed by atoms with van der Waals surface area (Å²) in [5.41, 5.74) is 5.71. The molecule has 0 radical (unpaired) electrons. The Kier molecular flexibility index (Phi) is 2.50. The summed E-state index contributed by atoms with van der Waals surface area (Å²) in [6.07, 6.45) is 6.28. The molecule has 0 spiro atoms. The zero-order chi connectivity index (χ0) is 11.8. The van der Waals surface area contributed by atoms with Crippen molar-refractivity contribution in [1.82, 2.24) is 9.97 Å². The van der Waals surface area contributed by atoms with Gasteiger partial charge in [-0.1, -0.05) is 32.0 Å². The van der Waals surface area contributed by atoms with Gasteiger partial charge in [0.25, 0.3) is 0 Å². The van der Waals surface area contributed by atoms with Crippen molar-refractivity contribution in [1.29, 1.82) is 0 Å². The zero-order valence-corrected chi connectivity index (χ0v) is 10.4. The predicted octanol–water partition coefficient (Wildman–Crippen LogP) is 3.61. The van der Waals surface area contributed by atoms with Gasteiger partial charge in [-0.15, -0.1) is 0 Å². The largest absolute Gasteiger partial charge is 0.351 e. The van der Waals surface area contributed by atoms with Crippen LogP contribution in [0.3, 0.4) is 0 Å². The molecule has 0 saturated carbocycles. The summed E-state index contributed by atoms with van der Waals surface area (Å²) in [5.74, 6) is 1.11. The number of nitrogens with zero attached hydrogens (tertiary/aromatic N) is 1. The van der Waals surface area contributed by atoms with E-state index in [2.05, 4.69) is 42.0 Å². The number of H-pyrrole nitrogens is 1. The van der Waals surface area contributed by atoms with Crippen molar-refractivity contribution in [2.75, 3.05) is 0 Å². The van der Waals surface area contributed by atoms with Crippen molar-refractivity contribution in [3.8, 4) is 0 Å². The van der Waals surface area contributed by atoms with E-state index in [-0.39, 0.29) is 0 Å². The minimum atomic E-state index is 0.390. The molecule has 1 aliphatic rings. The Bertz CT molecular complexity index is 514. The summed E-state index contributed by atoms with van der Waals surface area (Å²) in [5, 5.41) is 0. The average Bonchev–Trinajstić information content (AvgIpc) is 2.98. The first-order chi connectivity index (χ1) is 8.27. The van der Waals surface area contributed by atoms with E-state index in [1.54, 1.807) is 17.5 Å². The van der Waals surface area contributed by atoms with Crippen molar-refractivity contribution in [2.45, 2.75) is 38.5 Å². The van der Waals surface area contributed by atoms with Gasteiger partial charge in [0.1, 0.15) is 0 Å². The van der Waals surface area contributed by atoms with Crippen molar-refractivity contribution in [3.05, 3.63) is 53.1 Å². The molecular formula is C15H18N2. The van der Waals surface area contributed by atoms with Crippen molar-refractivity contribution in [2.24, 2.45) is 0 Å². The van der Waals surface area contributed by atoms with Gasteiger partial charge in [-0.3, -0.25) is 0 Å². The SMILES string of the molecule is CC1CCc2c1cccc2C(C)c1c[nH]cn1. The fourth-order valence-corrected chi connectivity index (χ4v) is 2.96. The average molecular weight is 226 g/mol. The minimum absolute atomic E-state index is 0.390. The normalized spacial score (nSPS) is 20.2. The van der Waals surface area contributed by atoms with Crippen LogP contribution in [0.2, 0.25) is 0 Å². The molecule has 1 aromatic heterocycles. The summed E-state index contributed by atoms with van der Waals surface area (Å²) < 4.78 is 0. The highest BCUT2D eigenvalue weighted by atomic mass is 14.9. The number of rotatable bonds is 2. The van der Waals surface area contributed by atoms with Crippen LogP contribution < -0.4 is 0 Å². The van der Waals surface area contributed by atoms with Crippen molar-refractivity contribution in [3.63, 3.8) is 0 Å². The van der Waals surface area contributed by atoms with Crippen LogP contribution in [0.15, 0.2) is 30.7 Å². The number of aromatic nitrogens is 2. The van der Waals surface area contributed by atoms with Crippen LogP contribution in [0, 0.1) is 0 Å². The van der Waals surface area contributed by atoms with Gasteiger partial charge in [0.05, 0.1) is 12.0 Å². The van der Waals surface area contributed by atoms with Gasteiger partial charge in [-0.2, -0.15) is 0 Å². The van der Waals surface area contributed by atoms with Gasteiger partial charge in [-0.05, 0) is 35.4 Å². The van der Waals surface area contributed by atoms with Crippen LogP contribution >= 0.6 is 0 Å². The summed E-state index contributed by atoms with van der Waals surface area (Å²) in [4.78, 5) is 7.43. The highest BCUT2D eigenvalue weighted by Crippen LogP contribution is 2.38. The third-order valence-corrected chi connectivity index (χ3v) is 4.04. The van der Waals surface area contributed by atoms with Gasteiger partial charge in [0.2, 0.25) is 0 Å². The Labute approximate surface area is 102 Å². The summed E-state index contributed by atoms with van der Waals surface area (Å²) in [7, 11) is 0. The van der Waals surface area contributed by atoms with Gasteiger partial charge in [0.15, 0.2) is 0 Å². The molecule has 0 bridgehead atoms. The van der Waals surface area contributed by atoms with Gasteiger partial charge in [-0.25, -0.2) is 4.98 Å². The standard InChI is InChI=1S/C15H18N2/c1-10-6-7-14-12(10)4-3-5-13(14)11(2)15-8-16-9-17-15/h3-5,8-11H,6-7H2,1-2H3,(H,16,17). The lowest BCUT2D eigenvalue weighted by Crippen LogP contribution is -2.01. The Morgan fingerprint density at radius 1 is 1.41 bits per heavy atom. The van der Waals surface area contributed by atoms with Crippen molar-refractivity contribution < 1.29 is 0 Å². The molecule has 1 heterocycles. The second-order valence-electron chi connectivity index (χ2n) is 5.07. The molecule has 1 aliphatic carbocycles. The maximum Gasteiger partial charge on any atom is 0.0923 e. The first-order valence-corrected chi connectivity index (χ1v) is 6.37. The molecule has 2 aromatic rings. The highest BCUT2D eigenvalue weighted by molar-refractivity contribution is 5.44. The van der Waals surface area contributed by atoms with E-state index >= 15 is 0 Å². The van der Waals surface area contributed by atoms with Crippen LogP contribution in [-0.2, 0) is 6.42 Å². The molecule has 2 nitrogen and oxygen atoms in total. The Morgan fingerprint density at radius 3 is 3.06 bits per heavy atom. The number of hydrogen-bond acceptors (Lipinski definition) is 1. The smallest absolute Gasteiger partial charge is 0.0923 e. The van der Waals surface area contributed by atoms with E-state index in [0.29, 0.717) is 5.92 Å². The molecule has 2 atom stereocenters. The molecule has 0 saturated heterocycles. The van der Waals surface area contributed by atoms with E-state index in [9.17, 15) is 0 Å². The number of fused-ring (bicyclic) bond motifs is 1. The molecule has 88 valence electrons. The van der Waals surface area contributed by atoms with E-state index < -0.39 is 0 Å². The predicted molar refractivity (Wildman–Crippen MR) is 69.3 cm³/mol. The quantitative estimate of drug-likeness (QED) is 0.832. The summed E-state index contributed by atoms with van der Waals surface area (Å²) in [6.45, 7) is 4.57. The first-order valence-electron chi connectivity index (χ1n) is 6.37. The Hall–Kier alpha value is -1.57. The zero-order valence-electron chi connectivity index (χ0n) is 10.4. The monoisotopic (exact) mass is 226 g/mol. The van der Waals surface area contributed by atoms with Crippen LogP contribution in [0.1, 0.15) is 54.5 Å². The van der Waals surface area contributed by atoms with Gasteiger partial charge in [0, 0.05) is 12.1 Å². The van der Waals surface area contributed by atoms with Crippen LogP contribution in [0.5, 0.6) is 0 Å². The maximum absolute atomic E-state index is 4.38. The topological polar surface area (TPSA) is 28.7 Å². The Balaban J connectivity index is 2.05. The van der Waals surface area contributed by atoms with Gasteiger partial charge >= 0.3 is 0 Å². The molecule has 0 amide bonds. The number of benzene rings is 1. The lowest BCUT2D eigenvalue weighted by molar-refractivity contribution is 0.746. The van der Waals surface area contributed by atoms with E-state index in [0.717, 1.165) is 11.6 Å². The molecular weight excluding hydrogens is 208 g/mol.